The summed E-state index contributed by atoms with van der Waals surface area (Å²) in [6.45, 7) is 2.35. The summed E-state index contributed by atoms with van der Waals surface area (Å²) in [7, 11) is 0. The topological polar surface area (TPSA) is 38.0 Å². The van der Waals surface area contributed by atoms with Gasteiger partial charge in [-0.3, -0.25) is 11.3 Å². The first-order valence-corrected chi connectivity index (χ1v) is 7.53. The van der Waals surface area contributed by atoms with Gasteiger partial charge in [-0.1, -0.05) is 19.8 Å². The fraction of sp³-hybridized carbons (Fsp3) is 0.667. The Bertz CT molecular complexity index is 332. The van der Waals surface area contributed by atoms with E-state index in [0.717, 1.165) is 5.92 Å². The van der Waals surface area contributed by atoms with Crippen molar-refractivity contribution in [2.24, 2.45) is 17.7 Å². The third kappa shape index (κ3) is 2.86. The van der Waals surface area contributed by atoms with Crippen LogP contribution in [-0.2, 0) is 0 Å². The van der Waals surface area contributed by atoms with Crippen molar-refractivity contribution in [3.63, 3.8) is 0 Å². The third-order valence-electron chi connectivity index (χ3n) is 3.61. The van der Waals surface area contributed by atoms with E-state index in [-0.39, 0.29) is 0 Å². The fourth-order valence-electron chi connectivity index (χ4n) is 2.57. The second-order valence-electron chi connectivity index (χ2n) is 4.81. The van der Waals surface area contributed by atoms with E-state index in [1.54, 1.807) is 11.3 Å². The van der Waals surface area contributed by atoms with Gasteiger partial charge >= 0.3 is 0 Å². The Kier molecular flexibility index (Phi) is 4.41. The second-order valence-corrected chi connectivity index (χ2v) is 7.30. The van der Waals surface area contributed by atoms with Crippen molar-refractivity contribution in [2.75, 3.05) is 0 Å². The van der Waals surface area contributed by atoms with Crippen LogP contribution in [0.15, 0.2) is 15.9 Å². The molecule has 90 valence electrons. The van der Waals surface area contributed by atoms with E-state index in [4.69, 9.17) is 5.84 Å². The molecule has 0 amide bonds. The zero-order chi connectivity index (χ0) is 11.5. The summed E-state index contributed by atoms with van der Waals surface area (Å²) in [6, 6.07) is 4.62. The molecule has 1 aliphatic rings. The van der Waals surface area contributed by atoms with Gasteiger partial charge in [-0.2, -0.15) is 0 Å². The quantitative estimate of drug-likeness (QED) is 0.657. The molecule has 1 aromatic heterocycles. The molecule has 1 saturated carbocycles. The molecule has 0 aromatic carbocycles. The molecule has 1 atom stereocenters. The van der Waals surface area contributed by atoms with Crippen LogP contribution in [0.4, 0.5) is 0 Å². The van der Waals surface area contributed by atoms with Crippen molar-refractivity contribution in [1.29, 1.82) is 0 Å². The molecule has 0 saturated heterocycles. The Hall–Kier alpha value is 0.1000. The monoisotopic (exact) mass is 302 g/mol. The number of hydrazine groups is 1. The Morgan fingerprint density at radius 3 is 2.56 bits per heavy atom. The molecule has 1 heterocycles. The molecule has 0 bridgehead atoms. The Morgan fingerprint density at radius 1 is 1.38 bits per heavy atom. The number of hydrogen-bond acceptors (Lipinski definition) is 3. The largest absolute Gasteiger partial charge is 0.271 e. The van der Waals surface area contributed by atoms with Gasteiger partial charge < -0.3 is 0 Å². The highest BCUT2D eigenvalue weighted by molar-refractivity contribution is 9.11. The lowest BCUT2D eigenvalue weighted by Gasteiger charge is -2.31. The Morgan fingerprint density at radius 2 is 2.06 bits per heavy atom. The lowest BCUT2D eigenvalue weighted by molar-refractivity contribution is 0.234. The second kappa shape index (κ2) is 5.63. The van der Waals surface area contributed by atoms with Crippen molar-refractivity contribution in [3.05, 3.63) is 20.8 Å². The maximum atomic E-state index is 5.72. The van der Waals surface area contributed by atoms with Crippen LogP contribution in [0.2, 0.25) is 0 Å². The number of nitrogens with two attached hydrogens (primary N) is 1. The summed E-state index contributed by atoms with van der Waals surface area (Å²) < 4.78 is 1.19. The summed E-state index contributed by atoms with van der Waals surface area (Å²) in [5, 5.41) is 0. The van der Waals surface area contributed by atoms with Crippen molar-refractivity contribution in [1.82, 2.24) is 5.43 Å². The molecular formula is C12H19BrN2S. The van der Waals surface area contributed by atoms with Gasteiger partial charge in [0, 0.05) is 4.88 Å². The van der Waals surface area contributed by atoms with E-state index in [1.165, 1.54) is 34.3 Å². The summed E-state index contributed by atoms with van der Waals surface area (Å²) in [6.07, 6.45) is 5.28. The van der Waals surface area contributed by atoms with Crippen molar-refractivity contribution in [3.8, 4) is 0 Å². The van der Waals surface area contributed by atoms with E-state index >= 15 is 0 Å². The van der Waals surface area contributed by atoms with Crippen molar-refractivity contribution >= 4 is 27.3 Å². The molecule has 2 nitrogen and oxygen atoms in total. The van der Waals surface area contributed by atoms with Crippen molar-refractivity contribution < 1.29 is 0 Å². The van der Waals surface area contributed by atoms with Gasteiger partial charge in [0.2, 0.25) is 0 Å². The minimum Gasteiger partial charge on any atom is -0.271 e. The van der Waals surface area contributed by atoms with E-state index in [0.29, 0.717) is 12.0 Å². The van der Waals surface area contributed by atoms with Gasteiger partial charge in [0.15, 0.2) is 0 Å². The maximum absolute atomic E-state index is 5.72. The molecule has 1 fully saturated rings. The molecule has 2 rings (SSSR count). The highest BCUT2D eigenvalue weighted by atomic mass is 79.9. The minimum atomic E-state index is 0.337. The first kappa shape index (κ1) is 12.6. The summed E-state index contributed by atoms with van der Waals surface area (Å²) in [5.41, 5.74) is 3.01. The molecule has 0 spiro atoms. The number of thiophene rings is 1. The lowest BCUT2D eigenvalue weighted by atomic mass is 9.79. The van der Waals surface area contributed by atoms with Gasteiger partial charge in [-0.05, 0) is 52.7 Å². The van der Waals surface area contributed by atoms with Crippen LogP contribution in [-0.4, -0.2) is 0 Å². The van der Waals surface area contributed by atoms with Gasteiger partial charge in [0.05, 0.1) is 9.83 Å². The minimum absolute atomic E-state index is 0.337. The molecule has 16 heavy (non-hydrogen) atoms. The van der Waals surface area contributed by atoms with E-state index < -0.39 is 0 Å². The predicted octanol–water partition coefficient (Wildman–Crippen LogP) is 3.84. The first-order valence-electron chi connectivity index (χ1n) is 5.92. The van der Waals surface area contributed by atoms with Crippen LogP contribution in [0.5, 0.6) is 0 Å². The standard InChI is InChI=1S/C12H19BrN2S/c1-8-2-4-9(5-3-8)12(15-14)10-6-7-11(13)16-10/h6-9,12,15H,2-5,14H2,1H3. The normalized spacial score (nSPS) is 27.9. The zero-order valence-electron chi connectivity index (χ0n) is 9.58. The van der Waals surface area contributed by atoms with E-state index in [2.05, 4.69) is 40.4 Å². The van der Waals surface area contributed by atoms with Crippen LogP contribution in [0.3, 0.4) is 0 Å². The van der Waals surface area contributed by atoms with Gasteiger partial charge in [-0.15, -0.1) is 11.3 Å². The summed E-state index contributed by atoms with van der Waals surface area (Å²) in [5.74, 6) is 7.31. The number of halogens is 1. The molecule has 1 aromatic rings. The molecule has 1 unspecified atom stereocenters. The average Bonchev–Trinajstić information content (AvgIpc) is 2.69. The zero-order valence-corrected chi connectivity index (χ0v) is 12.0. The van der Waals surface area contributed by atoms with Crippen molar-refractivity contribution in [2.45, 2.75) is 38.6 Å². The smallest absolute Gasteiger partial charge is 0.0702 e. The van der Waals surface area contributed by atoms with Crippen LogP contribution in [0.25, 0.3) is 0 Å². The van der Waals surface area contributed by atoms with Crippen LogP contribution < -0.4 is 11.3 Å². The molecule has 0 aliphatic heterocycles. The van der Waals surface area contributed by atoms with Gasteiger partial charge in [-0.25, -0.2) is 0 Å². The maximum Gasteiger partial charge on any atom is 0.0702 e. The third-order valence-corrected chi connectivity index (χ3v) is 5.32. The Labute approximate surface area is 110 Å². The summed E-state index contributed by atoms with van der Waals surface area (Å²) in [4.78, 5) is 1.36. The summed E-state index contributed by atoms with van der Waals surface area (Å²) >= 11 is 5.30. The van der Waals surface area contributed by atoms with E-state index in [1.807, 2.05) is 0 Å². The molecule has 0 radical (unpaired) electrons. The molecule has 3 N–H and O–H groups in total. The van der Waals surface area contributed by atoms with Crippen LogP contribution >= 0.6 is 27.3 Å². The molecule has 4 heteroatoms. The lowest BCUT2D eigenvalue weighted by Crippen LogP contribution is -2.34. The average molecular weight is 303 g/mol. The van der Waals surface area contributed by atoms with Crippen LogP contribution in [0, 0.1) is 11.8 Å². The van der Waals surface area contributed by atoms with Gasteiger partial charge in [0.1, 0.15) is 0 Å². The highest BCUT2D eigenvalue weighted by Gasteiger charge is 2.27. The molecular weight excluding hydrogens is 284 g/mol. The fourth-order valence-corrected chi connectivity index (χ4v) is 4.14. The van der Waals surface area contributed by atoms with Crippen LogP contribution in [0.1, 0.15) is 43.5 Å². The highest BCUT2D eigenvalue weighted by Crippen LogP contribution is 2.39. The predicted molar refractivity (Wildman–Crippen MR) is 73.2 cm³/mol. The molecule has 1 aliphatic carbocycles. The van der Waals surface area contributed by atoms with E-state index in [9.17, 15) is 0 Å². The number of nitrogens with one attached hydrogen (secondary N) is 1. The number of hydrogen-bond donors (Lipinski definition) is 2. The SMILES string of the molecule is CC1CCC(C(NN)c2ccc(Br)s2)CC1. The first-order chi connectivity index (χ1) is 7.70. The Balaban J connectivity index is 2.05. The van der Waals surface area contributed by atoms with Gasteiger partial charge in [0.25, 0.3) is 0 Å². The number of rotatable bonds is 3.